The molecule has 31 heavy (non-hydrogen) atoms. The van der Waals surface area contributed by atoms with Gasteiger partial charge in [0.15, 0.2) is 5.82 Å². The van der Waals surface area contributed by atoms with Gasteiger partial charge in [-0.05, 0) is 43.7 Å². The van der Waals surface area contributed by atoms with Gasteiger partial charge in [-0.3, -0.25) is 4.79 Å². The van der Waals surface area contributed by atoms with Crippen LogP contribution in [0.25, 0.3) is 22.2 Å². The summed E-state index contributed by atoms with van der Waals surface area (Å²) < 4.78 is 15.6. The predicted octanol–water partition coefficient (Wildman–Crippen LogP) is 4.00. The maximum atomic E-state index is 15.6. The van der Waals surface area contributed by atoms with E-state index in [2.05, 4.69) is 26.9 Å². The van der Waals surface area contributed by atoms with Crippen LogP contribution in [0.15, 0.2) is 18.3 Å². The maximum absolute atomic E-state index is 15.6. The third-order valence-electron chi connectivity index (χ3n) is 6.30. The molecular weight excluding hydrogens is 395 g/mol. The van der Waals surface area contributed by atoms with Crippen LogP contribution in [0.1, 0.15) is 60.8 Å². The number of carbonyl (C=O) groups is 1. The molecule has 1 atom stereocenters. The Morgan fingerprint density at radius 1 is 1.19 bits per heavy atom. The number of benzene rings is 1. The summed E-state index contributed by atoms with van der Waals surface area (Å²) in [7, 11) is 3.27. The number of rotatable bonds is 4. The Morgan fingerprint density at radius 3 is 2.58 bits per heavy atom. The molecule has 2 heterocycles. The van der Waals surface area contributed by atoms with Crippen LogP contribution in [0, 0.1) is 24.6 Å². The van der Waals surface area contributed by atoms with Gasteiger partial charge in [0.05, 0.1) is 11.6 Å². The Labute approximate surface area is 181 Å². The average molecular weight is 425 g/mol. The molecule has 2 aromatic heterocycles. The lowest BCUT2D eigenvalue weighted by molar-refractivity contribution is 0.0822. The first-order chi connectivity index (χ1) is 14.8. The smallest absolute Gasteiger partial charge is 0.272 e. The van der Waals surface area contributed by atoms with Crippen molar-refractivity contribution in [3.63, 3.8) is 0 Å². The van der Waals surface area contributed by atoms with Crippen LogP contribution in [0.2, 0.25) is 0 Å². The molecule has 0 unspecified atom stereocenters. The van der Waals surface area contributed by atoms with Crippen molar-refractivity contribution in [3.05, 3.63) is 41.5 Å². The van der Waals surface area contributed by atoms with E-state index in [1.807, 2.05) is 0 Å². The molecule has 1 aromatic carbocycles. The third kappa shape index (κ3) is 4.04. The summed E-state index contributed by atoms with van der Waals surface area (Å²) in [5.74, 6) is 1.31. The molecule has 0 bridgehead atoms. The Bertz CT molecular complexity index is 1120. The highest BCUT2D eigenvalue weighted by atomic mass is 19.1. The zero-order valence-electron chi connectivity index (χ0n) is 18.4. The highest BCUT2D eigenvalue weighted by Crippen LogP contribution is 2.36. The fourth-order valence-electron chi connectivity index (χ4n) is 4.34. The average Bonchev–Trinajstić information content (AvgIpc) is 3.19. The molecule has 164 valence electrons. The summed E-state index contributed by atoms with van der Waals surface area (Å²) in [6.07, 6.45) is 5.93. The molecule has 4 rings (SSSR count). The predicted molar refractivity (Wildman–Crippen MR) is 118 cm³/mol. The Morgan fingerprint density at radius 2 is 1.90 bits per heavy atom. The standard InChI is InChI=1S/C23H29FN6O/c1-12-5-7-14(8-6-12)19(25)22-28-17-10-9-15(18(24)21(17)29-22)16-11-26-13(2)27-20(16)23(31)30(3)4/h9-12,14,19H,5-8,25H2,1-4H3,(H,28,29)/t12?,14?,19-/m0/s1. The van der Waals surface area contributed by atoms with Crippen molar-refractivity contribution in [2.45, 2.75) is 45.6 Å². The number of aromatic amines is 1. The molecule has 1 aliphatic carbocycles. The summed E-state index contributed by atoms with van der Waals surface area (Å²) in [4.78, 5) is 30.2. The van der Waals surface area contributed by atoms with Crippen LogP contribution in [0.5, 0.6) is 0 Å². The summed E-state index contributed by atoms with van der Waals surface area (Å²) in [6.45, 7) is 3.97. The number of carbonyl (C=O) groups excluding carboxylic acids is 1. The summed E-state index contributed by atoms with van der Waals surface area (Å²) >= 11 is 0. The van der Waals surface area contributed by atoms with Gasteiger partial charge >= 0.3 is 0 Å². The van der Waals surface area contributed by atoms with Gasteiger partial charge in [0.2, 0.25) is 0 Å². The first kappa shape index (κ1) is 21.4. The number of aromatic nitrogens is 4. The number of aryl methyl sites for hydroxylation is 1. The molecule has 8 heteroatoms. The van der Waals surface area contributed by atoms with E-state index in [0.29, 0.717) is 28.6 Å². The Balaban J connectivity index is 1.74. The van der Waals surface area contributed by atoms with Crippen LogP contribution in [0.3, 0.4) is 0 Å². The van der Waals surface area contributed by atoms with Crippen molar-refractivity contribution in [2.24, 2.45) is 17.6 Å². The van der Waals surface area contributed by atoms with Gasteiger partial charge in [-0.1, -0.05) is 19.8 Å². The normalized spacial score (nSPS) is 20.1. The van der Waals surface area contributed by atoms with Crippen LogP contribution in [0.4, 0.5) is 4.39 Å². The minimum absolute atomic E-state index is 0.166. The number of H-pyrrole nitrogens is 1. The van der Waals surface area contributed by atoms with Gasteiger partial charge in [-0.2, -0.15) is 0 Å². The largest absolute Gasteiger partial charge is 0.343 e. The lowest BCUT2D eigenvalue weighted by atomic mass is 9.79. The molecular formula is C23H29FN6O. The second kappa shape index (κ2) is 8.34. The molecule has 1 aliphatic rings. The zero-order chi connectivity index (χ0) is 22.3. The van der Waals surface area contributed by atoms with Crippen molar-refractivity contribution in [3.8, 4) is 11.1 Å². The van der Waals surface area contributed by atoms with E-state index in [1.54, 1.807) is 33.2 Å². The summed E-state index contributed by atoms with van der Waals surface area (Å²) in [5, 5.41) is 0. The van der Waals surface area contributed by atoms with Gasteiger partial charge in [0.1, 0.15) is 22.9 Å². The van der Waals surface area contributed by atoms with Crippen molar-refractivity contribution >= 4 is 16.9 Å². The zero-order valence-corrected chi connectivity index (χ0v) is 18.4. The fraction of sp³-hybridized carbons (Fsp3) is 0.478. The molecule has 1 saturated carbocycles. The number of hydrogen-bond acceptors (Lipinski definition) is 5. The van der Waals surface area contributed by atoms with E-state index in [9.17, 15) is 4.79 Å². The second-order valence-electron chi connectivity index (χ2n) is 8.87. The maximum Gasteiger partial charge on any atom is 0.272 e. The SMILES string of the molecule is Cc1ncc(-c2ccc3[nH]c([C@@H](N)C4CCC(C)CC4)nc3c2F)c(C(=O)N(C)C)n1. The quantitative estimate of drug-likeness (QED) is 0.659. The molecule has 1 fully saturated rings. The van der Waals surface area contributed by atoms with Crippen LogP contribution in [-0.2, 0) is 0 Å². The van der Waals surface area contributed by atoms with E-state index in [-0.39, 0.29) is 28.7 Å². The molecule has 3 N–H and O–H groups in total. The van der Waals surface area contributed by atoms with Crippen LogP contribution < -0.4 is 5.73 Å². The first-order valence-electron chi connectivity index (χ1n) is 10.8. The number of nitrogens with zero attached hydrogens (tertiary/aromatic N) is 4. The summed E-state index contributed by atoms with van der Waals surface area (Å²) in [5.41, 5.74) is 8.07. The van der Waals surface area contributed by atoms with Crippen molar-refractivity contribution in [1.82, 2.24) is 24.8 Å². The van der Waals surface area contributed by atoms with Gasteiger partial charge in [0.25, 0.3) is 5.91 Å². The van der Waals surface area contributed by atoms with E-state index in [0.717, 1.165) is 31.6 Å². The molecule has 0 radical (unpaired) electrons. The lowest BCUT2D eigenvalue weighted by Crippen LogP contribution is -2.26. The van der Waals surface area contributed by atoms with Crippen LogP contribution in [-0.4, -0.2) is 44.8 Å². The highest BCUT2D eigenvalue weighted by molar-refractivity contribution is 5.99. The molecule has 1 amide bonds. The molecule has 0 aliphatic heterocycles. The third-order valence-corrected chi connectivity index (χ3v) is 6.30. The van der Waals surface area contributed by atoms with Crippen molar-refractivity contribution < 1.29 is 9.18 Å². The van der Waals surface area contributed by atoms with E-state index >= 15 is 4.39 Å². The number of amides is 1. The topological polar surface area (TPSA) is 101 Å². The molecule has 7 nitrogen and oxygen atoms in total. The van der Waals surface area contributed by atoms with Gasteiger partial charge in [-0.25, -0.2) is 19.3 Å². The number of imidazole rings is 1. The minimum atomic E-state index is -0.510. The molecule has 3 aromatic rings. The first-order valence-corrected chi connectivity index (χ1v) is 10.8. The van der Waals surface area contributed by atoms with Crippen LogP contribution >= 0.6 is 0 Å². The number of fused-ring (bicyclic) bond motifs is 1. The van der Waals surface area contributed by atoms with E-state index in [4.69, 9.17) is 5.73 Å². The highest BCUT2D eigenvalue weighted by Gasteiger charge is 2.28. The monoisotopic (exact) mass is 424 g/mol. The van der Waals surface area contributed by atoms with E-state index < -0.39 is 5.82 Å². The lowest BCUT2D eigenvalue weighted by Gasteiger charge is -2.29. The number of nitrogens with one attached hydrogen (secondary N) is 1. The fourth-order valence-corrected chi connectivity index (χ4v) is 4.34. The van der Waals surface area contributed by atoms with Crippen molar-refractivity contribution in [2.75, 3.05) is 14.1 Å². The molecule has 0 spiro atoms. The Hall–Kier alpha value is -2.87. The molecule has 0 saturated heterocycles. The van der Waals surface area contributed by atoms with Gasteiger partial charge < -0.3 is 15.6 Å². The van der Waals surface area contributed by atoms with Gasteiger partial charge in [0, 0.05) is 31.4 Å². The second-order valence-corrected chi connectivity index (χ2v) is 8.87. The number of nitrogens with two attached hydrogens (primary N) is 1. The van der Waals surface area contributed by atoms with Gasteiger partial charge in [-0.15, -0.1) is 0 Å². The Kier molecular flexibility index (Phi) is 5.75. The van der Waals surface area contributed by atoms with Crippen molar-refractivity contribution in [1.29, 1.82) is 0 Å². The summed E-state index contributed by atoms with van der Waals surface area (Å²) in [6, 6.07) is 3.15. The number of halogens is 1. The minimum Gasteiger partial charge on any atom is -0.343 e. The van der Waals surface area contributed by atoms with E-state index in [1.165, 1.54) is 11.1 Å². The number of hydrogen-bond donors (Lipinski definition) is 2.